The SMILES string of the molecule is CCC(Oc1ccc2c(c1)C(c1ccc(F)cc1)N(C(=O)C(C)(C)C)CC2)C(=O)Nc1cccc(C)c1. The van der Waals surface area contributed by atoms with E-state index in [1.54, 1.807) is 12.1 Å². The third-order valence-electron chi connectivity index (χ3n) is 6.66. The van der Waals surface area contributed by atoms with Crippen LogP contribution in [0.25, 0.3) is 0 Å². The molecule has 6 heteroatoms. The monoisotopic (exact) mass is 502 g/mol. The number of rotatable bonds is 6. The van der Waals surface area contributed by atoms with Crippen LogP contribution in [0.15, 0.2) is 66.7 Å². The summed E-state index contributed by atoms with van der Waals surface area (Å²) in [6.45, 7) is 10.2. The first kappa shape index (κ1) is 26.4. The summed E-state index contributed by atoms with van der Waals surface area (Å²) in [5, 5.41) is 2.94. The number of anilines is 1. The Balaban J connectivity index is 1.65. The molecule has 1 N–H and O–H groups in total. The Labute approximate surface area is 218 Å². The van der Waals surface area contributed by atoms with E-state index in [9.17, 15) is 14.0 Å². The van der Waals surface area contributed by atoms with Crippen LogP contribution in [0.4, 0.5) is 10.1 Å². The van der Waals surface area contributed by atoms with Crippen molar-refractivity contribution in [3.63, 3.8) is 0 Å². The van der Waals surface area contributed by atoms with Crippen molar-refractivity contribution in [2.75, 3.05) is 11.9 Å². The summed E-state index contributed by atoms with van der Waals surface area (Å²) >= 11 is 0. The lowest BCUT2D eigenvalue weighted by molar-refractivity contribution is -0.141. The zero-order chi connectivity index (χ0) is 26.7. The normalized spacial score (nSPS) is 16.1. The number of ether oxygens (including phenoxy) is 1. The van der Waals surface area contributed by atoms with Crippen LogP contribution in [0.2, 0.25) is 0 Å². The van der Waals surface area contributed by atoms with E-state index in [1.807, 2.05) is 82.0 Å². The van der Waals surface area contributed by atoms with Gasteiger partial charge in [-0.2, -0.15) is 0 Å². The number of fused-ring (bicyclic) bond motifs is 1. The van der Waals surface area contributed by atoms with Crippen molar-refractivity contribution in [3.8, 4) is 5.75 Å². The minimum atomic E-state index is -0.682. The van der Waals surface area contributed by atoms with Gasteiger partial charge in [0.15, 0.2) is 6.10 Å². The van der Waals surface area contributed by atoms with Gasteiger partial charge in [0.2, 0.25) is 5.91 Å². The summed E-state index contributed by atoms with van der Waals surface area (Å²) in [4.78, 5) is 28.3. The van der Waals surface area contributed by atoms with Gasteiger partial charge in [-0.1, -0.05) is 58.0 Å². The first-order valence-electron chi connectivity index (χ1n) is 12.8. The van der Waals surface area contributed by atoms with Gasteiger partial charge in [0.05, 0.1) is 6.04 Å². The van der Waals surface area contributed by atoms with Crippen molar-refractivity contribution in [2.24, 2.45) is 5.41 Å². The number of halogens is 1. The van der Waals surface area contributed by atoms with Crippen molar-refractivity contribution < 1.29 is 18.7 Å². The number of benzene rings is 3. The van der Waals surface area contributed by atoms with Crippen molar-refractivity contribution in [1.29, 1.82) is 0 Å². The molecule has 0 fully saturated rings. The summed E-state index contributed by atoms with van der Waals surface area (Å²) in [5.41, 5.74) is 4.10. The Morgan fingerprint density at radius 3 is 2.46 bits per heavy atom. The second-order valence-electron chi connectivity index (χ2n) is 10.7. The molecule has 0 saturated heterocycles. The molecule has 37 heavy (non-hydrogen) atoms. The topological polar surface area (TPSA) is 58.6 Å². The zero-order valence-electron chi connectivity index (χ0n) is 22.2. The molecule has 0 saturated carbocycles. The second kappa shape index (κ2) is 10.8. The van der Waals surface area contributed by atoms with Crippen LogP contribution in [0.3, 0.4) is 0 Å². The predicted molar refractivity (Wildman–Crippen MR) is 144 cm³/mol. The van der Waals surface area contributed by atoms with Crippen LogP contribution in [-0.2, 0) is 16.0 Å². The molecule has 0 aromatic heterocycles. The van der Waals surface area contributed by atoms with E-state index in [2.05, 4.69) is 5.32 Å². The van der Waals surface area contributed by atoms with E-state index in [1.165, 1.54) is 12.1 Å². The van der Waals surface area contributed by atoms with Crippen molar-refractivity contribution >= 4 is 17.5 Å². The molecular formula is C31H35FN2O3. The number of carbonyl (C=O) groups excluding carboxylic acids is 2. The van der Waals surface area contributed by atoms with E-state index in [0.717, 1.165) is 27.9 Å². The number of aryl methyl sites for hydroxylation is 1. The molecule has 3 aromatic carbocycles. The smallest absolute Gasteiger partial charge is 0.265 e. The minimum absolute atomic E-state index is 0.0303. The van der Waals surface area contributed by atoms with Crippen LogP contribution < -0.4 is 10.1 Å². The minimum Gasteiger partial charge on any atom is -0.481 e. The molecule has 1 aliphatic heterocycles. The molecule has 0 radical (unpaired) electrons. The molecule has 2 atom stereocenters. The Morgan fingerprint density at radius 1 is 1.08 bits per heavy atom. The Bertz CT molecular complexity index is 1280. The lowest BCUT2D eigenvalue weighted by Crippen LogP contribution is -2.45. The highest BCUT2D eigenvalue weighted by molar-refractivity contribution is 5.94. The van der Waals surface area contributed by atoms with Crippen LogP contribution in [0.1, 0.15) is 62.4 Å². The van der Waals surface area contributed by atoms with Crippen molar-refractivity contribution in [2.45, 2.75) is 59.6 Å². The van der Waals surface area contributed by atoms with Gasteiger partial charge in [-0.3, -0.25) is 9.59 Å². The number of hydrogen-bond donors (Lipinski definition) is 1. The zero-order valence-corrected chi connectivity index (χ0v) is 22.2. The molecule has 0 aliphatic carbocycles. The molecule has 2 unspecified atom stereocenters. The van der Waals surface area contributed by atoms with Crippen molar-refractivity contribution in [3.05, 3.63) is 94.8 Å². The second-order valence-corrected chi connectivity index (χ2v) is 10.7. The fraction of sp³-hybridized carbons (Fsp3) is 0.355. The third kappa shape index (κ3) is 6.01. The standard InChI is InChI=1S/C31H35FN2O3/c1-6-27(29(35)33-24-9-7-8-20(2)18-24)37-25-15-12-21-16-17-34(30(36)31(3,4)5)28(26(21)19-25)22-10-13-23(32)14-11-22/h7-15,18-19,27-28H,6,16-17H2,1-5H3,(H,33,35). The summed E-state index contributed by atoms with van der Waals surface area (Å²) in [6.07, 6.45) is 0.518. The number of amides is 2. The largest absolute Gasteiger partial charge is 0.481 e. The molecule has 2 amide bonds. The van der Waals surface area contributed by atoms with Gasteiger partial charge in [-0.15, -0.1) is 0 Å². The van der Waals surface area contributed by atoms with E-state index in [-0.39, 0.29) is 23.7 Å². The molecule has 4 rings (SSSR count). The number of nitrogens with zero attached hydrogens (tertiary/aromatic N) is 1. The maximum absolute atomic E-state index is 13.8. The fourth-order valence-corrected chi connectivity index (χ4v) is 4.75. The van der Waals surface area contributed by atoms with Gasteiger partial charge in [0.25, 0.3) is 5.91 Å². The van der Waals surface area contributed by atoms with E-state index >= 15 is 0 Å². The molecule has 0 spiro atoms. The van der Waals surface area contributed by atoms with Crippen molar-refractivity contribution in [1.82, 2.24) is 4.90 Å². The quantitative estimate of drug-likeness (QED) is 0.421. The van der Waals surface area contributed by atoms with Gasteiger partial charge < -0.3 is 15.0 Å². The first-order valence-corrected chi connectivity index (χ1v) is 12.8. The van der Waals surface area contributed by atoms with Gasteiger partial charge in [0, 0.05) is 17.6 Å². The van der Waals surface area contributed by atoms with Gasteiger partial charge in [0.1, 0.15) is 11.6 Å². The van der Waals surface area contributed by atoms with Gasteiger partial charge in [-0.25, -0.2) is 4.39 Å². The van der Waals surface area contributed by atoms with Gasteiger partial charge in [-0.05, 0) is 78.4 Å². The number of hydrogen-bond acceptors (Lipinski definition) is 3. The van der Waals surface area contributed by atoms with Gasteiger partial charge >= 0.3 is 0 Å². The third-order valence-corrected chi connectivity index (χ3v) is 6.66. The summed E-state index contributed by atoms with van der Waals surface area (Å²) < 4.78 is 19.9. The molecule has 5 nitrogen and oxygen atoms in total. The Hall–Kier alpha value is -3.67. The van der Waals surface area contributed by atoms with E-state index < -0.39 is 11.5 Å². The number of carbonyl (C=O) groups is 2. The average molecular weight is 503 g/mol. The first-order chi connectivity index (χ1) is 17.6. The fourth-order valence-electron chi connectivity index (χ4n) is 4.75. The molecular weight excluding hydrogens is 467 g/mol. The average Bonchev–Trinajstić information content (AvgIpc) is 2.86. The highest BCUT2D eigenvalue weighted by atomic mass is 19.1. The number of nitrogens with one attached hydrogen (secondary N) is 1. The van der Waals surface area contributed by atoms with E-state index in [4.69, 9.17) is 4.74 Å². The molecule has 1 heterocycles. The summed E-state index contributed by atoms with van der Waals surface area (Å²) in [6, 6.07) is 19.4. The maximum Gasteiger partial charge on any atom is 0.265 e. The van der Waals surface area contributed by atoms with E-state index in [0.29, 0.717) is 25.1 Å². The molecule has 0 bridgehead atoms. The highest BCUT2D eigenvalue weighted by Gasteiger charge is 2.37. The van der Waals surface area contributed by atoms with Crippen LogP contribution in [0, 0.1) is 18.2 Å². The van der Waals surface area contributed by atoms with Crippen LogP contribution in [0.5, 0.6) is 5.75 Å². The molecule has 3 aromatic rings. The Morgan fingerprint density at radius 2 is 1.81 bits per heavy atom. The predicted octanol–water partition coefficient (Wildman–Crippen LogP) is 6.45. The lowest BCUT2D eigenvalue weighted by atomic mass is 9.85. The van der Waals surface area contributed by atoms with Crippen LogP contribution in [-0.4, -0.2) is 29.4 Å². The summed E-state index contributed by atoms with van der Waals surface area (Å²) in [7, 11) is 0. The maximum atomic E-state index is 13.8. The Kier molecular flexibility index (Phi) is 7.67. The van der Waals surface area contributed by atoms with Crippen LogP contribution >= 0.6 is 0 Å². The summed E-state index contributed by atoms with van der Waals surface area (Å²) in [5.74, 6) is 0.0475. The highest BCUT2D eigenvalue weighted by Crippen LogP contribution is 2.39. The molecule has 1 aliphatic rings. The molecule has 194 valence electrons. The lowest BCUT2D eigenvalue weighted by Gasteiger charge is -2.41.